The first-order valence-corrected chi connectivity index (χ1v) is 9.26. The second-order valence-electron chi connectivity index (χ2n) is 6.01. The third kappa shape index (κ3) is 5.55. The lowest BCUT2D eigenvalue weighted by molar-refractivity contribution is -0.119. The molecule has 2 rings (SSSR count). The molecule has 0 spiro atoms. The lowest BCUT2D eigenvalue weighted by Crippen LogP contribution is -2.21. The van der Waals surface area contributed by atoms with Gasteiger partial charge in [-0.1, -0.05) is 13.8 Å². The SMILES string of the molecule is CCOC(=O)c1cc(C(C)C)sc1NC(=O)COC(=O)c1ccc(N)cc1. The number of amides is 1. The van der Waals surface area contributed by atoms with Crippen molar-refractivity contribution in [1.82, 2.24) is 0 Å². The van der Waals surface area contributed by atoms with E-state index in [1.807, 2.05) is 13.8 Å². The summed E-state index contributed by atoms with van der Waals surface area (Å²) in [6, 6.07) is 7.89. The second-order valence-corrected chi connectivity index (χ2v) is 7.10. The third-order valence-electron chi connectivity index (χ3n) is 3.55. The van der Waals surface area contributed by atoms with E-state index in [0.29, 0.717) is 21.8 Å². The molecule has 0 aliphatic rings. The number of nitrogens with two attached hydrogens (primary N) is 1. The van der Waals surface area contributed by atoms with E-state index in [1.54, 1.807) is 25.1 Å². The first-order chi connectivity index (χ1) is 12.8. The molecule has 0 atom stereocenters. The van der Waals surface area contributed by atoms with Gasteiger partial charge in [0.05, 0.1) is 17.7 Å². The number of nitrogens with one attached hydrogen (secondary N) is 1. The Morgan fingerprint density at radius 1 is 1.11 bits per heavy atom. The van der Waals surface area contributed by atoms with E-state index in [1.165, 1.54) is 23.5 Å². The van der Waals surface area contributed by atoms with E-state index >= 15 is 0 Å². The van der Waals surface area contributed by atoms with Crippen LogP contribution in [0.15, 0.2) is 30.3 Å². The molecule has 7 nitrogen and oxygen atoms in total. The highest BCUT2D eigenvalue weighted by Crippen LogP contribution is 2.33. The van der Waals surface area contributed by atoms with Crippen LogP contribution in [0.2, 0.25) is 0 Å². The molecule has 0 bridgehead atoms. The molecule has 0 aliphatic carbocycles. The zero-order valence-electron chi connectivity index (χ0n) is 15.4. The summed E-state index contributed by atoms with van der Waals surface area (Å²) in [7, 11) is 0. The number of hydrogen-bond acceptors (Lipinski definition) is 7. The molecule has 0 unspecified atom stereocenters. The van der Waals surface area contributed by atoms with Crippen LogP contribution in [0.4, 0.5) is 10.7 Å². The summed E-state index contributed by atoms with van der Waals surface area (Å²) in [4.78, 5) is 37.1. The van der Waals surface area contributed by atoms with Gasteiger partial charge in [0, 0.05) is 10.6 Å². The Labute approximate surface area is 161 Å². The minimum Gasteiger partial charge on any atom is -0.462 e. The van der Waals surface area contributed by atoms with Crippen LogP contribution in [0.5, 0.6) is 0 Å². The van der Waals surface area contributed by atoms with Crippen LogP contribution in [0.1, 0.15) is 52.3 Å². The highest BCUT2D eigenvalue weighted by molar-refractivity contribution is 7.16. The molecule has 8 heteroatoms. The maximum atomic E-state index is 12.2. The van der Waals surface area contributed by atoms with Gasteiger partial charge in [0.1, 0.15) is 5.00 Å². The maximum Gasteiger partial charge on any atom is 0.341 e. The molecule has 1 amide bonds. The van der Waals surface area contributed by atoms with E-state index < -0.39 is 24.5 Å². The summed E-state index contributed by atoms with van der Waals surface area (Å²) in [5.74, 6) is -1.49. The topological polar surface area (TPSA) is 108 Å². The highest BCUT2D eigenvalue weighted by Gasteiger charge is 2.20. The van der Waals surface area contributed by atoms with Crippen molar-refractivity contribution in [3.63, 3.8) is 0 Å². The number of benzene rings is 1. The second kappa shape index (κ2) is 9.18. The number of carbonyl (C=O) groups is 3. The fourth-order valence-corrected chi connectivity index (χ4v) is 3.21. The molecular formula is C19H22N2O5S. The van der Waals surface area contributed by atoms with Crippen molar-refractivity contribution in [3.8, 4) is 0 Å². The van der Waals surface area contributed by atoms with Crippen LogP contribution >= 0.6 is 11.3 Å². The quantitative estimate of drug-likeness (QED) is 0.554. The number of carbonyl (C=O) groups excluding carboxylic acids is 3. The monoisotopic (exact) mass is 390 g/mol. The molecule has 0 saturated heterocycles. The van der Waals surface area contributed by atoms with Gasteiger partial charge in [0.15, 0.2) is 6.61 Å². The fraction of sp³-hybridized carbons (Fsp3) is 0.316. The maximum absolute atomic E-state index is 12.2. The van der Waals surface area contributed by atoms with Crippen molar-refractivity contribution in [2.45, 2.75) is 26.7 Å². The van der Waals surface area contributed by atoms with Crippen molar-refractivity contribution in [2.24, 2.45) is 0 Å². The van der Waals surface area contributed by atoms with Crippen LogP contribution in [-0.4, -0.2) is 31.1 Å². The summed E-state index contributed by atoms with van der Waals surface area (Å²) < 4.78 is 10.0. The van der Waals surface area contributed by atoms with Gasteiger partial charge in [-0.05, 0) is 43.2 Å². The molecule has 1 heterocycles. The summed E-state index contributed by atoms with van der Waals surface area (Å²) in [6.07, 6.45) is 0. The van der Waals surface area contributed by atoms with Gasteiger partial charge in [0.2, 0.25) is 0 Å². The summed E-state index contributed by atoms with van der Waals surface area (Å²) in [6.45, 7) is 5.45. The van der Waals surface area contributed by atoms with Gasteiger partial charge in [-0.2, -0.15) is 0 Å². The van der Waals surface area contributed by atoms with E-state index in [9.17, 15) is 14.4 Å². The lowest BCUT2D eigenvalue weighted by atomic mass is 10.1. The largest absolute Gasteiger partial charge is 0.462 e. The van der Waals surface area contributed by atoms with Gasteiger partial charge in [-0.3, -0.25) is 4.79 Å². The van der Waals surface area contributed by atoms with Crippen LogP contribution in [-0.2, 0) is 14.3 Å². The van der Waals surface area contributed by atoms with Gasteiger partial charge < -0.3 is 20.5 Å². The molecular weight excluding hydrogens is 368 g/mol. The number of anilines is 2. The van der Waals surface area contributed by atoms with E-state index in [0.717, 1.165) is 4.88 Å². The zero-order valence-corrected chi connectivity index (χ0v) is 16.2. The van der Waals surface area contributed by atoms with E-state index in [2.05, 4.69) is 5.32 Å². The Balaban J connectivity index is 2.03. The predicted octanol–water partition coefficient (Wildman–Crippen LogP) is 3.43. The molecule has 144 valence electrons. The number of nitrogen functional groups attached to an aromatic ring is 1. The molecule has 27 heavy (non-hydrogen) atoms. The summed E-state index contributed by atoms with van der Waals surface area (Å²) in [5.41, 5.74) is 6.68. The van der Waals surface area contributed by atoms with Crippen molar-refractivity contribution < 1.29 is 23.9 Å². The van der Waals surface area contributed by atoms with Crippen LogP contribution in [0.25, 0.3) is 0 Å². The van der Waals surface area contributed by atoms with Gasteiger partial charge in [-0.25, -0.2) is 9.59 Å². The Hall–Kier alpha value is -2.87. The minimum absolute atomic E-state index is 0.192. The van der Waals surface area contributed by atoms with Gasteiger partial charge in [-0.15, -0.1) is 11.3 Å². The van der Waals surface area contributed by atoms with Gasteiger partial charge >= 0.3 is 11.9 Å². The van der Waals surface area contributed by atoms with Crippen LogP contribution in [0.3, 0.4) is 0 Å². The third-order valence-corrected chi connectivity index (χ3v) is 4.90. The molecule has 0 radical (unpaired) electrons. The summed E-state index contributed by atoms with van der Waals surface area (Å²) in [5, 5.41) is 3.00. The van der Waals surface area contributed by atoms with Gasteiger partial charge in [0.25, 0.3) is 5.91 Å². The number of hydrogen-bond donors (Lipinski definition) is 2. The average molecular weight is 390 g/mol. The Bertz CT molecular complexity index is 827. The van der Waals surface area contributed by atoms with Crippen LogP contribution < -0.4 is 11.1 Å². The molecule has 0 saturated carbocycles. The Morgan fingerprint density at radius 2 is 1.78 bits per heavy atom. The van der Waals surface area contributed by atoms with E-state index in [4.69, 9.17) is 15.2 Å². The number of esters is 2. The molecule has 2 aromatic rings. The smallest absolute Gasteiger partial charge is 0.341 e. The van der Waals surface area contributed by atoms with Crippen LogP contribution in [0, 0.1) is 0 Å². The number of thiophene rings is 1. The Kier molecular flexibility index (Phi) is 6.95. The number of ether oxygens (including phenoxy) is 2. The molecule has 1 aromatic heterocycles. The number of rotatable bonds is 7. The lowest BCUT2D eigenvalue weighted by Gasteiger charge is -2.07. The zero-order chi connectivity index (χ0) is 20.0. The molecule has 1 aromatic carbocycles. The van der Waals surface area contributed by atoms with E-state index in [-0.39, 0.29) is 12.5 Å². The molecule has 0 aliphatic heterocycles. The van der Waals surface area contributed by atoms with Crippen molar-refractivity contribution in [1.29, 1.82) is 0 Å². The highest BCUT2D eigenvalue weighted by atomic mass is 32.1. The molecule has 0 fully saturated rings. The average Bonchev–Trinajstić information content (AvgIpc) is 3.04. The fourth-order valence-electron chi connectivity index (χ4n) is 2.14. The summed E-state index contributed by atoms with van der Waals surface area (Å²) >= 11 is 1.30. The standard InChI is InChI=1S/C19H22N2O5S/c1-4-25-19(24)14-9-15(11(2)3)27-17(14)21-16(22)10-26-18(23)12-5-7-13(20)8-6-12/h5-9,11H,4,10,20H2,1-3H3,(H,21,22). The van der Waals surface area contributed by atoms with Crippen molar-refractivity contribution in [2.75, 3.05) is 24.3 Å². The van der Waals surface area contributed by atoms with Crippen molar-refractivity contribution >= 4 is 39.9 Å². The van der Waals surface area contributed by atoms with Crippen molar-refractivity contribution in [3.05, 3.63) is 46.3 Å². The first kappa shape index (κ1) is 20.4. The molecule has 3 N–H and O–H groups in total. The predicted molar refractivity (Wildman–Crippen MR) is 104 cm³/mol. The first-order valence-electron chi connectivity index (χ1n) is 8.45. The normalized spacial score (nSPS) is 10.5. The minimum atomic E-state index is -0.634. The Morgan fingerprint density at radius 3 is 2.37 bits per heavy atom.